The van der Waals surface area contributed by atoms with Gasteiger partial charge in [-0.05, 0) is 11.1 Å². The zero-order valence-corrected chi connectivity index (χ0v) is 11.4. The first-order chi connectivity index (χ1) is 9.77. The Morgan fingerprint density at radius 2 is 1.75 bits per heavy atom. The SMILES string of the molecule is O=[N+]([O-])c1cccc(-c2ccccc2)c1.c1cscn1. The molecule has 0 aliphatic heterocycles. The highest BCUT2D eigenvalue weighted by Crippen LogP contribution is 2.23. The van der Waals surface area contributed by atoms with Crippen LogP contribution in [0.2, 0.25) is 0 Å². The summed E-state index contributed by atoms with van der Waals surface area (Å²) >= 11 is 1.60. The monoisotopic (exact) mass is 284 g/mol. The summed E-state index contributed by atoms with van der Waals surface area (Å²) in [5.41, 5.74) is 3.77. The molecule has 1 heterocycles. The molecule has 0 spiro atoms. The Bertz CT molecular complexity index is 637. The van der Waals surface area contributed by atoms with Crippen LogP contribution in [0.15, 0.2) is 71.7 Å². The molecule has 0 bridgehead atoms. The molecule has 0 saturated carbocycles. The molecule has 3 rings (SSSR count). The van der Waals surface area contributed by atoms with Crippen LogP contribution in [0.5, 0.6) is 0 Å². The van der Waals surface area contributed by atoms with Crippen molar-refractivity contribution in [3.05, 3.63) is 81.8 Å². The lowest BCUT2D eigenvalue weighted by Crippen LogP contribution is -1.87. The van der Waals surface area contributed by atoms with Crippen LogP contribution >= 0.6 is 11.3 Å². The molecule has 100 valence electrons. The second kappa shape index (κ2) is 7.16. The molecule has 0 aliphatic carbocycles. The zero-order chi connectivity index (χ0) is 14.2. The maximum Gasteiger partial charge on any atom is 0.270 e. The van der Waals surface area contributed by atoms with Gasteiger partial charge in [0.15, 0.2) is 0 Å². The number of non-ortho nitro benzene ring substituents is 1. The molecule has 0 radical (unpaired) electrons. The van der Waals surface area contributed by atoms with Crippen molar-refractivity contribution in [2.45, 2.75) is 0 Å². The van der Waals surface area contributed by atoms with Gasteiger partial charge in [-0.2, -0.15) is 0 Å². The second-order valence-electron chi connectivity index (χ2n) is 3.85. The maximum absolute atomic E-state index is 10.6. The Morgan fingerprint density at radius 1 is 1.00 bits per heavy atom. The number of hydrogen-bond donors (Lipinski definition) is 0. The van der Waals surface area contributed by atoms with E-state index in [2.05, 4.69) is 4.98 Å². The lowest BCUT2D eigenvalue weighted by molar-refractivity contribution is -0.384. The van der Waals surface area contributed by atoms with Gasteiger partial charge >= 0.3 is 0 Å². The first-order valence-corrected chi connectivity index (χ1v) is 6.83. The van der Waals surface area contributed by atoms with Crippen molar-refractivity contribution in [1.82, 2.24) is 4.98 Å². The predicted molar refractivity (Wildman–Crippen MR) is 80.6 cm³/mol. The quantitative estimate of drug-likeness (QED) is 0.517. The van der Waals surface area contributed by atoms with Crippen LogP contribution in [0.4, 0.5) is 5.69 Å². The topological polar surface area (TPSA) is 56.0 Å². The minimum absolute atomic E-state index is 0.122. The van der Waals surface area contributed by atoms with Gasteiger partial charge in [0.1, 0.15) is 0 Å². The van der Waals surface area contributed by atoms with Crippen molar-refractivity contribution in [3.63, 3.8) is 0 Å². The van der Waals surface area contributed by atoms with E-state index in [1.807, 2.05) is 41.8 Å². The van der Waals surface area contributed by atoms with Gasteiger partial charge in [0, 0.05) is 23.7 Å². The number of nitro benzene ring substituents is 1. The average Bonchev–Trinajstić information content (AvgIpc) is 3.08. The summed E-state index contributed by atoms with van der Waals surface area (Å²) in [6, 6.07) is 16.2. The van der Waals surface area contributed by atoms with Crippen LogP contribution in [0.1, 0.15) is 0 Å². The molecular weight excluding hydrogens is 272 g/mol. The first kappa shape index (κ1) is 13.9. The Hall–Kier alpha value is -2.53. The standard InChI is InChI=1S/C12H9NO2.C3H3NS/c14-13(15)12-8-4-7-11(9-12)10-5-2-1-3-6-10;1-2-5-3-4-1/h1-9H;1-3H. The number of benzene rings is 2. The largest absolute Gasteiger partial charge is 0.270 e. The molecular formula is C15H12N2O2S. The number of nitro groups is 1. The van der Waals surface area contributed by atoms with Crippen molar-refractivity contribution in [1.29, 1.82) is 0 Å². The van der Waals surface area contributed by atoms with Crippen LogP contribution in [-0.4, -0.2) is 9.91 Å². The van der Waals surface area contributed by atoms with E-state index in [0.29, 0.717) is 0 Å². The number of rotatable bonds is 2. The van der Waals surface area contributed by atoms with E-state index in [0.717, 1.165) is 11.1 Å². The first-order valence-electron chi connectivity index (χ1n) is 5.89. The van der Waals surface area contributed by atoms with Crippen molar-refractivity contribution in [2.24, 2.45) is 0 Å². The summed E-state index contributed by atoms with van der Waals surface area (Å²) < 4.78 is 0. The van der Waals surface area contributed by atoms with E-state index in [-0.39, 0.29) is 10.6 Å². The lowest BCUT2D eigenvalue weighted by Gasteiger charge is -2.00. The van der Waals surface area contributed by atoms with Crippen molar-refractivity contribution >= 4 is 17.0 Å². The molecule has 0 aliphatic rings. The van der Waals surface area contributed by atoms with Crippen LogP contribution in [-0.2, 0) is 0 Å². The number of aromatic nitrogens is 1. The van der Waals surface area contributed by atoms with Gasteiger partial charge in [-0.25, -0.2) is 0 Å². The van der Waals surface area contributed by atoms with Gasteiger partial charge < -0.3 is 0 Å². The molecule has 0 fully saturated rings. The molecule has 5 heteroatoms. The fourth-order valence-electron chi connectivity index (χ4n) is 1.61. The minimum Gasteiger partial charge on any atom is -0.258 e. The van der Waals surface area contributed by atoms with Gasteiger partial charge in [0.05, 0.1) is 10.4 Å². The summed E-state index contributed by atoms with van der Waals surface area (Å²) in [6.45, 7) is 0. The van der Waals surface area contributed by atoms with E-state index in [4.69, 9.17) is 0 Å². The van der Waals surface area contributed by atoms with Gasteiger partial charge in [-0.1, -0.05) is 42.5 Å². The average molecular weight is 284 g/mol. The van der Waals surface area contributed by atoms with Crippen LogP contribution in [0, 0.1) is 10.1 Å². The summed E-state index contributed by atoms with van der Waals surface area (Å²) in [5.74, 6) is 0. The third-order valence-electron chi connectivity index (χ3n) is 2.51. The van der Waals surface area contributed by atoms with E-state index in [1.165, 1.54) is 6.07 Å². The molecule has 0 N–H and O–H groups in total. The Balaban J connectivity index is 0.000000247. The van der Waals surface area contributed by atoms with Gasteiger partial charge in [0.25, 0.3) is 5.69 Å². The van der Waals surface area contributed by atoms with E-state index in [9.17, 15) is 10.1 Å². The van der Waals surface area contributed by atoms with Gasteiger partial charge in [0.2, 0.25) is 0 Å². The highest BCUT2D eigenvalue weighted by molar-refractivity contribution is 7.07. The number of nitrogens with zero attached hydrogens (tertiary/aromatic N) is 2. The molecule has 2 aromatic carbocycles. The lowest BCUT2D eigenvalue weighted by atomic mass is 10.1. The fourth-order valence-corrected chi connectivity index (χ4v) is 1.96. The Labute approximate surface area is 120 Å². The molecule has 20 heavy (non-hydrogen) atoms. The van der Waals surface area contributed by atoms with Crippen molar-refractivity contribution < 1.29 is 4.92 Å². The Morgan fingerprint density at radius 3 is 2.30 bits per heavy atom. The van der Waals surface area contributed by atoms with Gasteiger partial charge in [-0.15, -0.1) is 11.3 Å². The maximum atomic E-state index is 10.6. The van der Waals surface area contributed by atoms with Crippen molar-refractivity contribution in [2.75, 3.05) is 0 Å². The molecule has 0 atom stereocenters. The van der Waals surface area contributed by atoms with Crippen LogP contribution in [0.25, 0.3) is 11.1 Å². The van der Waals surface area contributed by atoms with E-state index >= 15 is 0 Å². The smallest absolute Gasteiger partial charge is 0.258 e. The van der Waals surface area contributed by atoms with Crippen LogP contribution in [0.3, 0.4) is 0 Å². The number of thiazole rings is 1. The third-order valence-corrected chi connectivity index (χ3v) is 3.03. The summed E-state index contributed by atoms with van der Waals surface area (Å²) in [5, 5.41) is 12.5. The molecule has 1 aromatic heterocycles. The van der Waals surface area contributed by atoms with Crippen LogP contribution < -0.4 is 0 Å². The third kappa shape index (κ3) is 4.00. The summed E-state index contributed by atoms with van der Waals surface area (Å²) in [4.78, 5) is 13.9. The molecule has 0 amide bonds. The van der Waals surface area contributed by atoms with Crippen molar-refractivity contribution in [3.8, 4) is 11.1 Å². The van der Waals surface area contributed by atoms with E-state index < -0.39 is 0 Å². The fraction of sp³-hybridized carbons (Fsp3) is 0. The summed E-state index contributed by atoms with van der Waals surface area (Å²) in [7, 11) is 0. The number of hydrogen-bond acceptors (Lipinski definition) is 4. The molecule has 4 nitrogen and oxygen atoms in total. The minimum atomic E-state index is -0.382. The van der Waals surface area contributed by atoms with E-state index in [1.54, 1.807) is 35.2 Å². The molecule has 3 aromatic rings. The highest BCUT2D eigenvalue weighted by atomic mass is 32.1. The Kier molecular flexibility index (Phi) is 4.97. The molecule has 0 unspecified atom stereocenters. The van der Waals surface area contributed by atoms with Gasteiger partial charge in [-0.3, -0.25) is 15.1 Å². The zero-order valence-electron chi connectivity index (χ0n) is 10.5. The predicted octanol–water partition coefficient (Wildman–Crippen LogP) is 4.40. The normalized spacial score (nSPS) is 9.40. The summed E-state index contributed by atoms with van der Waals surface area (Å²) in [6.07, 6.45) is 1.77. The molecule has 0 saturated heterocycles. The second-order valence-corrected chi connectivity index (χ2v) is 4.60. The highest BCUT2D eigenvalue weighted by Gasteiger charge is 2.05.